The fourth-order valence-electron chi connectivity index (χ4n) is 1.35. The summed E-state index contributed by atoms with van der Waals surface area (Å²) in [5, 5.41) is 11.6. The van der Waals surface area contributed by atoms with Crippen LogP contribution in [0.25, 0.3) is 0 Å². The van der Waals surface area contributed by atoms with Crippen molar-refractivity contribution in [2.75, 3.05) is 13.1 Å². The topological polar surface area (TPSA) is 49.3 Å². The van der Waals surface area contributed by atoms with Crippen molar-refractivity contribution in [3.8, 4) is 0 Å². The molecule has 0 radical (unpaired) electrons. The molecule has 1 saturated heterocycles. The van der Waals surface area contributed by atoms with E-state index in [1.807, 2.05) is 13.8 Å². The van der Waals surface area contributed by atoms with Crippen LogP contribution in [0.5, 0.6) is 0 Å². The van der Waals surface area contributed by atoms with Crippen LogP contribution < -0.4 is 5.32 Å². The van der Waals surface area contributed by atoms with Crippen LogP contribution in [-0.4, -0.2) is 24.2 Å². The van der Waals surface area contributed by atoms with Crippen LogP contribution in [0.4, 0.5) is 0 Å². The molecule has 1 fully saturated rings. The SMILES string of the molecule is CC.O=C(O)CC1CCCNC1. The normalized spacial score (nSPS) is 22.3. The van der Waals surface area contributed by atoms with Crippen LogP contribution in [0.3, 0.4) is 0 Å². The summed E-state index contributed by atoms with van der Waals surface area (Å²) < 4.78 is 0. The molecule has 2 N–H and O–H groups in total. The first-order valence-corrected chi connectivity index (χ1v) is 4.71. The molecule has 0 aromatic carbocycles. The van der Waals surface area contributed by atoms with Crippen molar-refractivity contribution in [2.45, 2.75) is 33.1 Å². The van der Waals surface area contributed by atoms with Crippen LogP contribution in [0.1, 0.15) is 33.1 Å². The fraction of sp³-hybridized carbons (Fsp3) is 0.889. The maximum atomic E-state index is 10.2. The van der Waals surface area contributed by atoms with Crippen molar-refractivity contribution in [2.24, 2.45) is 5.92 Å². The maximum absolute atomic E-state index is 10.2. The largest absolute Gasteiger partial charge is 0.481 e. The highest BCUT2D eigenvalue weighted by molar-refractivity contribution is 5.67. The Morgan fingerprint density at radius 3 is 2.67 bits per heavy atom. The predicted molar refractivity (Wildman–Crippen MR) is 49.2 cm³/mol. The highest BCUT2D eigenvalue weighted by Gasteiger charge is 2.15. The third-order valence-corrected chi connectivity index (χ3v) is 1.86. The summed E-state index contributed by atoms with van der Waals surface area (Å²) >= 11 is 0. The molecule has 0 saturated carbocycles. The number of hydrogen-bond donors (Lipinski definition) is 2. The van der Waals surface area contributed by atoms with Crippen molar-refractivity contribution in [3.63, 3.8) is 0 Å². The van der Waals surface area contributed by atoms with Crippen LogP contribution in [0.15, 0.2) is 0 Å². The molecule has 72 valence electrons. The summed E-state index contributed by atoms with van der Waals surface area (Å²) in [4.78, 5) is 10.2. The van der Waals surface area contributed by atoms with Gasteiger partial charge < -0.3 is 10.4 Å². The Hall–Kier alpha value is -0.570. The third-order valence-electron chi connectivity index (χ3n) is 1.86. The molecule has 3 nitrogen and oxygen atoms in total. The Labute approximate surface area is 74.2 Å². The average molecular weight is 173 g/mol. The minimum atomic E-state index is -0.672. The van der Waals surface area contributed by atoms with Gasteiger partial charge in [-0.25, -0.2) is 0 Å². The van der Waals surface area contributed by atoms with Crippen molar-refractivity contribution in [1.82, 2.24) is 5.32 Å². The van der Waals surface area contributed by atoms with E-state index >= 15 is 0 Å². The van der Waals surface area contributed by atoms with Crippen molar-refractivity contribution in [3.05, 3.63) is 0 Å². The number of piperidine rings is 1. The van der Waals surface area contributed by atoms with Gasteiger partial charge in [0.25, 0.3) is 0 Å². The Morgan fingerprint density at radius 2 is 2.25 bits per heavy atom. The van der Waals surface area contributed by atoms with E-state index in [2.05, 4.69) is 5.32 Å². The van der Waals surface area contributed by atoms with Crippen molar-refractivity contribution < 1.29 is 9.90 Å². The molecule has 1 aliphatic heterocycles. The zero-order valence-corrected chi connectivity index (χ0v) is 7.97. The third kappa shape index (κ3) is 5.13. The minimum Gasteiger partial charge on any atom is -0.481 e. The van der Waals surface area contributed by atoms with E-state index in [1.165, 1.54) is 0 Å². The molecule has 0 amide bonds. The molecule has 1 heterocycles. The monoisotopic (exact) mass is 173 g/mol. The smallest absolute Gasteiger partial charge is 0.303 e. The summed E-state index contributed by atoms with van der Waals surface area (Å²) in [5.74, 6) is -0.306. The van der Waals surface area contributed by atoms with E-state index in [0.29, 0.717) is 12.3 Å². The lowest BCUT2D eigenvalue weighted by Gasteiger charge is -2.20. The highest BCUT2D eigenvalue weighted by Crippen LogP contribution is 2.13. The van der Waals surface area contributed by atoms with E-state index in [-0.39, 0.29) is 0 Å². The van der Waals surface area contributed by atoms with Gasteiger partial charge in [0.05, 0.1) is 0 Å². The molecule has 0 aliphatic carbocycles. The molecule has 1 rings (SSSR count). The number of carboxylic acids is 1. The Morgan fingerprint density at radius 1 is 1.58 bits per heavy atom. The van der Waals surface area contributed by atoms with E-state index in [4.69, 9.17) is 5.11 Å². The van der Waals surface area contributed by atoms with Gasteiger partial charge in [-0.15, -0.1) is 0 Å². The number of carbonyl (C=O) groups is 1. The molecule has 12 heavy (non-hydrogen) atoms. The number of aliphatic carboxylic acids is 1. The lowest BCUT2D eigenvalue weighted by atomic mass is 9.96. The minimum absolute atomic E-state index is 0.326. The molecule has 0 spiro atoms. The van der Waals surface area contributed by atoms with Gasteiger partial charge in [0.2, 0.25) is 0 Å². The highest BCUT2D eigenvalue weighted by atomic mass is 16.4. The summed E-state index contributed by atoms with van der Waals surface area (Å²) in [6.45, 7) is 5.93. The van der Waals surface area contributed by atoms with Gasteiger partial charge in [0.1, 0.15) is 0 Å². The molecule has 0 aromatic rings. The predicted octanol–water partition coefficient (Wildman–Crippen LogP) is 1.49. The Kier molecular flexibility index (Phi) is 6.76. The first kappa shape index (κ1) is 11.4. The first-order chi connectivity index (χ1) is 5.79. The second-order valence-corrected chi connectivity index (χ2v) is 2.81. The lowest BCUT2D eigenvalue weighted by molar-refractivity contribution is -0.138. The summed E-state index contributed by atoms with van der Waals surface area (Å²) in [6, 6.07) is 0. The first-order valence-electron chi connectivity index (χ1n) is 4.71. The van der Waals surface area contributed by atoms with E-state index in [1.54, 1.807) is 0 Å². The lowest BCUT2D eigenvalue weighted by Crippen LogP contribution is -2.30. The van der Waals surface area contributed by atoms with Crippen LogP contribution in [0.2, 0.25) is 0 Å². The summed E-state index contributed by atoms with van der Waals surface area (Å²) in [7, 11) is 0. The number of nitrogens with one attached hydrogen (secondary N) is 1. The molecule has 0 aromatic heterocycles. The van der Waals surface area contributed by atoms with E-state index in [0.717, 1.165) is 25.9 Å². The van der Waals surface area contributed by atoms with Crippen molar-refractivity contribution in [1.29, 1.82) is 0 Å². The quantitative estimate of drug-likeness (QED) is 0.665. The zero-order valence-electron chi connectivity index (χ0n) is 7.97. The van der Waals surface area contributed by atoms with Gasteiger partial charge in [-0.05, 0) is 31.8 Å². The van der Waals surface area contributed by atoms with Crippen LogP contribution >= 0.6 is 0 Å². The van der Waals surface area contributed by atoms with Gasteiger partial charge in [-0.3, -0.25) is 4.79 Å². The Balaban J connectivity index is 0.000000561. The molecule has 1 unspecified atom stereocenters. The van der Waals surface area contributed by atoms with Gasteiger partial charge >= 0.3 is 5.97 Å². The second-order valence-electron chi connectivity index (χ2n) is 2.81. The number of hydrogen-bond acceptors (Lipinski definition) is 2. The molecule has 1 aliphatic rings. The standard InChI is InChI=1S/C7H13NO2.C2H6/c9-7(10)4-6-2-1-3-8-5-6;1-2/h6,8H,1-5H2,(H,9,10);1-2H3. The van der Waals surface area contributed by atoms with Gasteiger partial charge in [-0.1, -0.05) is 13.8 Å². The molecular formula is C9H19NO2. The molecular weight excluding hydrogens is 154 g/mol. The summed E-state index contributed by atoms with van der Waals surface area (Å²) in [5.41, 5.74) is 0. The molecule has 1 atom stereocenters. The van der Waals surface area contributed by atoms with Crippen LogP contribution in [0, 0.1) is 5.92 Å². The van der Waals surface area contributed by atoms with E-state index in [9.17, 15) is 4.79 Å². The maximum Gasteiger partial charge on any atom is 0.303 e. The summed E-state index contributed by atoms with van der Waals surface area (Å²) in [6.07, 6.45) is 2.52. The molecule has 0 bridgehead atoms. The fourth-order valence-corrected chi connectivity index (χ4v) is 1.35. The zero-order chi connectivity index (χ0) is 9.40. The van der Waals surface area contributed by atoms with Gasteiger partial charge in [0, 0.05) is 6.42 Å². The number of rotatable bonds is 2. The van der Waals surface area contributed by atoms with Crippen LogP contribution in [-0.2, 0) is 4.79 Å². The van der Waals surface area contributed by atoms with Gasteiger partial charge in [-0.2, -0.15) is 0 Å². The number of carboxylic acid groups (broad SMARTS) is 1. The van der Waals surface area contributed by atoms with Crippen molar-refractivity contribution >= 4 is 5.97 Å². The van der Waals surface area contributed by atoms with Gasteiger partial charge in [0.15, 0.2) is 0 Å². The van der Waals surface area contributed by atoms with E-state index < -0.39 is 5.97 Å². The molecule has 3 heteroatoms. The second kappa shape index (κ2) is 7.10. The Bertz CT molecular complexity index is 120. The average Bonchev–Trinajstić information content (AvgIpc) is 2.08.